The van der Waals surface area contributed by atoms with Gasteiger partial charge in [0.2, 0.25) is 0 Å². The van der Waals surface area contributed by atoms with Crippen LogP contribution in [0.15, 0.2) is 27.5 Å². The van der Waals surface area contributed by atoms with Gasteiger partial charge >= 0.3 is 0 Å². The van der Waals surface area contributed by atoms with Gasteiger partial charge in [-0.05, 0) is 49.5 Å². The van der Waals surface area contributed by atoms with Gasteiger partial charge < -0.3 is 10.7 Å². The third-order valence-corrected chi connectivity index (χ3v) is 11.6. The topological polar surface area (TPSA) is 102 Å². The lowest BCUT2D eigenvalue weighted by Gasteiger charge is -2.35. The molecule has 3 heterocycles. The van der Waals surface area contributed by atoms with Crippen molar-refractivity contribution in [1.82, 2.24) is 15.0 Å². The highest BCUT2D eigenvalue weighted by molar-refractivity contribution is 8.04. The molecule has 28 heavy (non-hydrogen) atoms. The predicted octanol–water partition coefficient (Wildman–Crippen LogP) is 3.45. The number of nitrogen functional groups attached to an aromatic ring is 1. The minimum Gasteiger partial charge on any atom is -0.397 e. The molecule has 5 rings (SSSR count). The van der Waals surface area contributed by atoms with Crippen LogP contribution in [-0.4, -0.2) is 30.7 Å². The van der Waals surface area contributed by atoms with E-state index in [1.54, 1.807) is 0 Å². The van der Waals surface area contributed by atoms with Crippen LogP contribution in [0.5, 0.6) is 0 Å². The molecule has 6 nitrogen and oxygen atoms in total. The number of pyridine rings is 1. The number of rotatable bonds is 4. The van der Waals surface area contributed by atoms with Crippen molar-refractivity contribution in [2.45, 2.75) is 53.9 Å². The number of H-pyrrole nitrogens is 1. The Morgan fingerprint density at radius 1 is 1.18 bits per heavy atom. The van der Waals surface area contributed by atoms with Crippen LogP contribution in [0.25, 0.3) is 21.6 Å². The molecule has 0 atom stereocenters. The molecule has 0 bridgehead atoms. The zero-order valence-corrected chi connectivity index (χ0v) is 17.5. The summed E-state index contributed by atoms with van der Waals surface area (Å²) >= 11 is 1.47. The summed E-state index contributed by atoms with van der Waals surface area (Å²) in [6, 6.07) is 3.50. The Morgan fingerprint density at radius 2 is 1.93 bits per heavy atom. The summed E-state index contributed by atoms with van der Waals surface area (Å²) in [4.78, 5) is 24.2. The van der Waals surface area contributed by atoms with Gasteiger partial charge in [0.15, 0.2) is 0 Å². The Balaban J connectivity index is 1.73. The van der Waals surface area contributed by atoms with Crippen molar-refractivity contribution in [3.05, 3.63) is 34.4 Å². The molecule has 0 amide bonds. The van der Waals surface area contributed by atoms with E-state index in [-0.39, 0.29) is 10.8 Å². The molecule has 3 aromatic rings. The van der Waals surface area contributed by atoms with Crippen molar-refractivity contribution in [2.75, 3.05) is 12.0 Å². The molecule has 0 aliphatic heterocycles. The van der Waals surface area contributed by atoms with Crippen molar-refractivity contribution in [3.63, 3.8) is 0 Å². The summed E-state index contributed by atoms with van der Waals surface area (Å²) in [5.41, 5.74) is 9.47. The number of nitrogens with zero attached hydrogens (tertiary/aromatic N) is 2. The Hall–Kier alpha value is -2.06. The van der Waals surface area contributed by atoms with Crippen LogP contribution < -0.4 is 11.3 Å². The molecule has 0 saturated heterocycles. The van der Waals surface area contributed by atoms with Crippen molar-refractivity contribution >= 4 is 37.2 Å². The van der Waals surface area contributed by atoms with Crippen LogP contribution in [0.4, 0.5) is 5.69 Å². The highest BCUT2D eigenvalue weighted by Gasteiger charge is 2.35. The molecule has 3 N–H and O–H groups in total. The second kappa shape index (κ2) is 6.49. The summed E-state index contributed by atoms with van der Waals surface area (Å²) in [5, 5.41) is 1.23. The number of aromatic nitrogens is 3. The molecule has 148 valence electrons. The highest BCUT2D eigenvalue weighted by atomic mass is 32.3. The zero-order chi connectivity index (χ0) is 19.5. The molecule has 8 heteroatoms. The summed E-state index contributed by atoms with van der Waals surface area (Å²) in [6.07, 6.45) is 9.93. The summed E-state index contributed by atoms with van der Waals surface area (Å²) in [7, 11) is -2.51. The van der Waals surface area contributed by atoms with Crippen LogP contribution in [-0.2, 0) is 9.93 Å². The SMILES string of the molecule is C[SH](=O)(c1sc2nc(-c3cc(=O)[nH]cn3)cc(C3CCC3)c2c1N)C1CCC1. The number of anilines is 1. The minimum atomic E-state index is -2.51. The van der Waals surface area contributed by atoms with E-state index in [2.05, 4.69) is 9.97 Å². The summed E-state index contributed by atoms with van der Waals surface area (Å²) in [6.45, 7) is 0. The van der Waals surface area contributed by atoms with Crippen LogP contribution in [0.2, 0.25) is 0 Å². The van der Waals surface area contributed by atoms with Gasteiger partial charge in [0.1, 0.15) is 4.83 Å². The van der Waals surface area contributed by atoms with Gasteiger partial charge in [-0.3, -0.25) is 9.00 Å². The van der Waals surface area contributed by atoms with E-state index in [0.29, 0.717) is 23.0 Å². The minimum absolute atomic E-state index is 0.202. The Kier molecular flexibility index (Phi) is 4.17. The average Bonchev–Trinajstić information content (AvgIpc) is 2.89. The predicted molar refractivity (Wildman–Crippen MR) is 116 cm³/mol. The fourth-order valence-corrected chi connectivity index (χ4v) is 8.77. The fourth-order valence-electron chi connectivity index (χ4n) is 4.19. The maximum absolute atomic E-state index is 13.6. The molecule has 0 unspecified atom stereocenters. The lowest BCUT2D eigenvalue weighted by molar-refractivity contribution is 0.422. The van der Waals surface area contributed by atoms with Gasteiger partial charge in [-0.2, -0.15) is 0 Å². The number of thiophene rings is 1. The number of nitrogens with one attached hydrogen (secondary N) is 1. The largest absolute Gasteiger partial charge is 0.397 e. The van der Waals surface area contributed by atoms with Crippen LogP contribution >= 0.6 is 11.3 Å². The van der Waals surface area contributed by atoms with Crippen LogP contribution in [0.1, 0.15) is 50.0 Å². The van der Waals surface area contributed by atoms with E-state index in [0.717, 1.165) is 46.5 Å². The number of hydrogen-bond acceptors (Lipinski definition) is 6. The molecule has 0 spiro atoms. The standard InChI is InChI=1S/C20H24N4O2S2/c1-28(26,12-6-3-7-12)20-18(21)17-13(11-4-2-5-11)8-15(24-19(17)27-20)14-9-16(25)23-10-22-14/h8-12,28H,2-7,21H2,1H3,(H,22,23,25). The lowest BCUT2D eigenvalue weighted by atomic mass is 9.79. The van der Waals surface area contributed by atoms with Crippen LogP contribution in [0.3, 0.4) is 0 Å². The highest BCUT2D eigenvalue weighted by Crippen LogP contribution is 2.49. The molecule has 2 fully saturated rings. The number of hydrogen-bond donors (Lipinski definition) is 3. The third-order valence-electron chi connectivity index (χ3n) is 6.37. The first-order valence-electron chi connectivity index (χ1n) is 9.81. The van der Waals surface area contributed by atoms with Gasteiger partial charge in [-0.1, -0.05) is 22.8 Å². The normalized spacial score (nSPS) is 18.8. The molecule has 2 aliphatic rings. The van der Waals surface area contributed by atoms with Gasteiger partial charge in [0, 0.05) is 16.7 Å². The van der Waals surface area contributed by atoms with Crippen molar-refractivity contribution in [3.8, 4) is 11.4 Å². The zero-order valence-electron chi connectivity index (χ0n) is 15.8. The maximum atomic E-state index is 13.6. The molecule has 2 saturated carbocycles. The fraction of sp³-hybridized carbons (Fsp3) is 0.450. The molecular weight excluding hydrogens is 392 g/mol. The van der Waals surface area contributed by atoms with Gasteiger partial charge in [0.25, 0.3) is 5.56 Å². The quantitative estimate of drug-likeness (QED) is 0.566. The molecule has 0 aromatic carbocycles. The third kappa shape index (κ3) is 2.73. The Bertz CT molecular complexity index is 1170. The van der Waals surface area contributed by atoms with Crippen molar-refractivity contribution in [1.29, 1.82) is 0 Å². The van der Waals surface area contributed by atoms with Crippen molar-refractivity contribution in [2.24, 2.45) is 0 Å². The van der Waals surface area contributed by atoms with Gasteiger partial charge in [-0.15, -0.1) is 11.3 Å². The first-order valence-corrected chi connectivity index (χ1v) is 12.8. The maximum Gasteiger partial charge on any atom is 0.251 e. The average molecular weight is 417 g/mol. The van der Waals surface area contributed by atoms with E-state index in [1.807, 2.05) is 12.3 Å². The van der Waals surface area contributed by atoms with Crippen molar-refractivity contribution < 1.29 is 4.21 Å². The molecule has 0 radical (unpaired) electrons. The lowest BCUT2D eigenvalue weighted by Crippen LogP contribution is -2.33. The smallest absolute Gasteiger partial charge is 0.251 e. The molecular formula is C20H24N4O2S2. The number of fused-ring (bicyclic) bond motifs is 1. The van der Waals surface area contributed by atoms with E-state index >= 15 is 0 Å². The Morgan fingerprint density at radius 3 is 2.54 bits per heavy atom. The number of nitrogens with two attached hydrogens (primary N) is 1. The van der Waals surface area contributed by atoms with Crippen LogP contribution in [0, 0.1) is 0 Å². The molecule has 2 aliphatic carbocycles. The van der Waals surface area contributed by atoms with Gasteiger partial charge in [-0.25, -0.2) is 9.97 Å². The summed E-state index contributed by atoms with van der Waals surface area (Å²) in [5.74, 6) is 0.441. The van der Waals surface area contributed by atoms with E-state index in [4.69, 9.17) is 10.7 Å². The second-order valence-electron chi connectivity index (χ2n) is 8.10. The Labute approximate surface area is 168 Å². The monoisotopic (exact) mass is 416 g/mol. The summed E-state index contributed by atoms with van der Waals surface area (Å²) < 4.78 is 14.4. The molecule has 3 aromatic heterocycles. The first-order chi connectivity index (χ1) is 13.4. The van der Waals surface area contributed by atoms with Gasteiger partial charge in [0.05, 0.1) is 27.6 Å². The number of aromatic amines is 1. The van der Waals surface area contributed by atoms with E-state index in [1.165, 1.54) is 35.7 Å². The van der Waals surface area contributed by atoms with E-state index < -0.39 is 9.93 Å². The number of thiol groups is 1. The first kappa shape index (κ1) is 18.0. The van der Waals surface area contributed by atoms with E-state index in [9.17, 15) is 9.00 Å². The second-order valence-corrected chi connectivity index (χ2v) is 12.6.